The fraction of sp³-hybridized carbons (Fsp3) is 0.409. The molecule has 1 aliphatic rings. The second-order valence-corrected chi connectivity index (χ2v) is 9.61. The number of carbonyl (C=O) groups excluding carboxylic acids is 1. The Morgan fingerprint density at radius 1 is 1.07 bits per heavy atom. The summed E-state index contributed by atoms with van der Waals surface area (Å²) in [5.74, 6) is -0.307. The zero-order valence-corrected chi connectivity index (χ0v) is 17.8. The van der Waals surface area contributed by atoms with Crippen LogP contribution in [0, 0.1) is 20.8 Å². The summed E-state index contributed by atoms with van der Waals surface area (Å²) in [6.07, 6.45) is 2.78. The number of carbonyl (C=O) groups is 1. The summed E-state index contributed by atoms with van der Waals surface area (Å²) in [7, 11) is -3.61. The SMILES string of the molecule is Cc1cc(C)c(NC(=O)c2cccc(S(=O)(=O)N3CCCCC3C)c2)c(C)c1. The number of benzene rings is 2. The number of amides is 1. The van der Waals surface area contributed by atoms with E-state index in [1.165, 1.54) is 6.07 Å². The number of nitrogens with zero attached hydrogens (tertiary/aromatic N) is 1. The van der Waals surface area contributed by atoms with Gasteiger partial charge in [-0.15, -0.1) is 0 Å². The predicted octanol–water partition coefficient (Wildman–Crippen LogP) is 4.43. The van der Waals surface area contributed by atoms with Crippen molar-refractivity contribution in [3.8, 4) is 0 Å². The largest absolute Gasteiger partial charge is 0.322 e. The molecule has 1 atom stereocenters. The molecular weight excluding hydrogens is 372 g/mol. The third kappa shape index (κ3) is 4.13. The van der Waals surface area contributed by atoms with Crippen molar-refractivity contribution in [2.75, 3.05) is 11.9 Å². The normalized spacial score (nSPS) is 18.1. The molecule has 3 rings (SSSR count). The summed E-state index contributed by atoms with van der Waals surface area (Å²) in [6, 6.07) is 10.3. The van der Waals surface area contributed by atoms with Crippen LogP contribution in [0.4, 0.5) is 5.69 Å². The molecule has 5 nitrogen and oxygen atoms in total. The first-order chi connectivity index (χ1) is 13.2. The van der Waals surface area contributed by atoms with Crippen molar-refractivity contribution in [2.45, 2.75) is 57.9 Å². The van der Waals surface area contributed by atoms with Crippen molar-refractivity contribution in [1.29, 1.82) is 0 Å². The smallest absolute Gasteiger partial charge is 0.255 e. The molecule has 2 aromatic carbocycles. The Labute approximate surface area is 167 Å². The first kappa shape index (κ1) is 20.6. The van der Waals surface area contributed by atoms with E-state index in [4.69, 9.17) is 0 Å². The van der Waals surface area contributed by atoms with Crippen LogP contribution in [0.3, 0.4) is 0 Å². The number of sulfonamides is 1. The molecule has 28 heavy (non-hydrogen) atoms. The fourth-order valence-electron chi connectivity index (χ4n) is 3.92. The molecule has 1 fully saturated rings. The van der Waals surface area contributed by atoms with E-state index < -0.39 is 10.0 Å². The molecule has 1 unspecified atom stereocenters. The lowest BCUT2D eigenvalue weighted by Gasteiger charge is -2.32. The van der Waals surface area contributed by atoms with Crippen LogP contribution >= 0.6 is 0 Å². The van der Waals surface area contributed by atoms with E-state index in [1.807, 2.05) is 39.8 Å². The standard InChI is InChI=1S/C22H28N2O3S/c1-15-12-16(2)21(17(3)13-15)23-22(25)19-9-7-10-20(14-19)28(26,27)24-11-6-5-8-18(24)4/h7,9-10,12-14,18H,5-6,8,11H2,1-4H3,(H,23,25). The quantitative estimate of drug-likeness (QED) is 0.826. The van der Waals surface area contributed by atoms with Crippen LogP contribution in [0.1, 0.15) is 53.2 Å². The Hall–Kier alpha value is -2.18. The van der Waals surface area contributed by atoms with E-state index in [1.54, 1.807) is 22.5 Å². The van der Waals surface area contributed by atoms with Gasteiger partial charge in [0.25, 0.3) is 5.91 Å². The Kier molecular flexibility index (Phi) is 5.91. The number of hydrogen-bond acceptors (Lipinski definition) is 3. The summed E-state index contributed by atoms with van der Waals surface area (Å²) in [5.41, 5.74) is 4.21. The van der Waals surface area contributed by atoms with Crippen LogP contribution < -0.4 is 5.32 Å². The average Bonchev–Trinajstić information content (AvgIpc) is 2.64. The molecule has 0 aliphatic carbocycles. The molecule has 0 saturated carbocycles. The molecule has 1 heterocycles. The van der Waals surface area contributed by atoms with Crippen LogP contribution in [-0.2, 0) is 10.0 Å². The second-order valence-electron chi connectivity index (χ2n) is 7.72. The number of anilines is 1. The lowest BCUT2D eigenvalue weighted by atomic mass is 10.0. The molecule has 1 N–H and O–H groups in total. The number of nitrogens with one attached hydrogen (secondary N) is 1. The summed E-state index contributed by atoms with van der Waals surface area (Å²) < 4.78 is 27.7. The molecule has 0 radical (unpaired) electrons. The van der Waals surface area contributed by atoms with Gasteiger partial charge in [-0.05, 0) is 69.9 Å². The predicted molar refractivity (Wildman–Crippen MR) is 112 cm³/mol. The highest BCUT2D eigenvalue weighted by Crippen LogP contribution is 2.26. The Bertz CT molecular complexity index is 976. The maximum Gasteiger partial charge on any atom is 0.255 e. The maximum atomic E-state index is 13.1. The van der Waals surface area contributed by atoms with Gasteiger partial charge in [-0.1, -0.05) is 30.2 Å². The fourth-order valence-corrected chi connectivity index (χ4v) is 5.67. The van der Waals surface area contributed by atoms with Gasteiger partial charge in [0.1, 0.15) is 0 Å². The average molecular weight is 401 g/mol. The number of hydrogen-bond donors (Lipinski definition) is 1. The van der Waals surface area contributed by atoms with Crippen molar-refractivity contribution >= 4 is 21.6 Å². The first-order valence-corrected chi connectivity index (χ1v) is 11.2. The van der Waals surface area contributed by atoms with Crippen molar-refractivity contribution in [3.63, 3.8) is 0 Å². The Balaban J connectivity index is 1.88. The highest BCUT2D eigenvalue weighted by Gasteiger charge is 2.31. The minimum Gasteiger partial charge on any atom is -0.322 e. The highest BCUT2D eigenvalue weighted by atomic mass is 32.2. The Morgan fingerprint density at radius 2 is 1.75 bits per heavy atom. The van der Waals surface area contributed by atoms with E-state index in [0.717, 1.165) is 41.6 Å². The summed E-state index contributed by atoms with van der Waals surface area (Å²) >= 11 is 0. The van der Waals surface area contributed by atoms with Crippen LogP contribution in [0.2, 0.25) is 0 Å². The van der Waals surface area contributed by atoms with Crippen molar-refractivity contribution in [1.82, 2.24) is 4.31 Å². The summed E-state index contributed by atoms with van der Waals surface area (Å²) in [4.78, 5) is 13.0. The monoisotopic (exact) mass is 400 g/mol. The van der Waals surface area contributed by atoms with Crippen LogP contribution in [0.25, 0.3) is 0 Å². The van der Waals surface area contributed by atoms with E-state index in [9.17, 15) is 13.2 Å². The minimum atomic E-state index is -3.61. The molecule has 1 aliphatic heterocycles. The second kappa shape index (κ2) is 8.05. The lowest BCUT2D eigenvalue weighted by molar-refractivity contribution is 0.102. The van der Waals surface area contributed by atoms with E-state index in [2.05, 4.69) is 5.32 Å². The molecule has 0 spiro atoms. The van der Waals surface area contributed by atoms with Crippen LogP contribution in [0.5, 0.6) is 0 Å². The molecular formula is C22H28N2O3S. The molecule has 150 valence electrons. The van der Waals surface area contributed by atoms with E-state index >= 15 is 0 Å². The van der Waals surface area contributed by atoms with Crippen LogP contribution in [0.15, 0.2) is 41.3 Å². The zero-order chi connectivity index (χ0) is 20.5. The first-order valence-electron chi connectivity index (χ1n) is 9.71. The number of piperidine rings is 1. The molecule has 6 heteroatoms. The number of rotatable bonds is 4. The third-order valence-electron chi connectivity index (χ3n) is 5.36. The van der Waals surface area contributed by atoms with Gasteiger partial charge in [0, 0.05) is 23.8 Å². The van der Waals surface area contributed by atoms with Gasteiger partial charge in [-0.25, -0.2) is 8.42 Å². The molecule has 0 aromatic heterocycles. The van der Waals surface area contributed by atoms with Crippen molar-refractivity contribution in [3.05, 3.63) is 58.7 Å². The van der Waals surface area contributed by atoms with Crippen LogP contribution in [-0.4, -0.2) is 31.2 Å². The molecule has 0 bridgehead atoms. The van der Waals surface area contributed by atoms with Gasteiger partial charge in [-0.3, -0.25) is 4.79 Å². The van der Waals surface area contributed by atoms with Gasteiger partial charge >= 0.3 is 0 Å². The Morgan fingerprint density at radius 3 is 2.39 bits per heavy atom. The molecule has 1 amide bonds. The lowest BCUT2D eigenvalue weighted by Crippen LogP contribution is -2.41. The van der Waals surface area contributed by atoms with Crippen molar-refractivity contribution in [2.24, 2.45) is 0 Å². The molecule has 2 aromatic rings. The highest BCUT2D eigenvalue weighted by molar-refractivity contribution is 7.89. The van der Waals surface area contributed by atoms with Crippen molar-refractivity contribution < 1.29 is 13.2 Å². The minimum absolute atomic E-state index is 0.0194. The van der Waals surface area contributed by atoms with E-state index in [0.29, 0.717) is 12.1 Å². The zero-order valence-electron chi connectivity index (χ0n) is 17.0. The van der Waals surface area contributed by atoms with Gasteiger partial charge in [0.2, 0.25) is 10.0 Å². The summed E-state index contributed by atoms with van der Waals surface area (Å²) in [5, 5.41) is 2.94. The maximum absolute atomic E-state index is 13.1. The third-order valence-corrected chi connectivity index (χ3v) is 7.37. The van der Waals surface area contributed by atoms with Gasteiger partial charge in [0.05, 0.1) is 4.90 Å². The molecule has 1 saturated heterocycles. The topological polar surface area (TPSA) is 66.5 Å². The van der Waals surface area contributed by atoms with Gasteiger partial charge < -0.3 is 5.32 Å². The van der Waals surface area contributed by atoms with Gasteiger partial charge in [0.15, 0.2) is 0 Å². The van der Waals surface area contributed by atoms with E-state index in [-0.39, 0.29) is 16.8 Å². The van der Waals surface area contributed by atoms with Gasteiger partial charge in [-0.2, -0.15) is 4.31 Å². The number of aryl methyl sites for hydroxylation is 3. The summed E-state index contributed by atoms with van der Waals surface area (Å²) in [6.45, 7) is 8.39.